The van der Waals surface area contributed by atoms with Crippen molar-refractivity contribution in [1.82, 2.24) is 0 Å². The molecule has 146 valence electrons. The monoisotopic (exact) mass is 358 g/mol. The Morgan fingerprint density at radius 1 is 1.00 bits per heavy atom. The topological polar surface area (TPSA) is 71.1 Å². The molecule has 0 aromatic rings. The Balaban J connectivity index is 2.45. The van der Waals surface area contributed by atoms with Crippen LogP contribution in [0.25, 0.3) is 0 Å². The summed E-state index contributed by atoms with van der Waals surface area (Å²) in [5.41, 5.74) is -1.09. The zero-order chi connectivity index (χ0) is 19.0. The lowest BCUT2D eigenvalue weighted by molar-refractivity contribution is -0.187. The third-order valence-electron chi connectivity index (χ3n) is 4.10. The summed E-state index contributed by atoms with van der Waals surface area (Å²) in [6, 6.07) is 0. The molecule has 0 saturated heterocycles. The zero-order valence-electron chi connectivity index (χ0n) is 16.5. The number of hydrogen-bond donors (Lipinski definition) is 0. The van der Waals surface area contributed by atoms with Crippen molar-refractivity contribution < 1.29 is 28.5 Å². The second kappa shape index (κ2) is 10.1. The molecule has 0 amide bonds. The predicted molar refractivity (Wildman–Crippen MR) is 94.2 cm³/mol. The van der Waals surface area contributed by atoms with E-state index in [-0.39, 0.29) is 43.4 Å². The fourth-order valence-electron chi connectivity index (χ4n) is 2.65. The van der Waals surface area contributed by atoms with Crippen LogP contribution in [-0.2, 0) is 28.5 Å². The highest BCUT2D eigenvalue weighted by Crippen LogP contribution is 2.26. The molecule has 0 bridgehead atoms. The van der Waals surface area contributed by atoms with E-state index in [9.17, 15) is 9.59 Å². The first-order valence-corrected chi connectivity index (χ1v) is 9.30. The number of carbonyl (C=O) groups is 2. The van der Waals surface area contributed by atoms with Crippen LogP contribution in [0.2, 0.25) is 0 Å². The minimum Gasteiger partial charge on any atom is -0.463 e. The second-order valence-electron chi connectivity index (χ2n) is 7.63. The summed E-state index contributed by atoms with van der Waals surface area (Å²) in [6.45, 7) is 11.1. The maximum atomic E-state index is 12.5. The first-order chi connectivity index (χ1) is 11.6. The van der Waals surface area contributed by atoms with Gasteiger partial charge in [-0.15, -0.1) is 0 Å². The summed E-state index contributed by atoms with van der Waals surface area (Å²) in [5.74, 6) is -0.867. The van der Waals surface area contributed by atoms with Crippen LogP contribution < -0.4 is 0 Å². The van der Waals surface area contributed by atoms with Gasteiger partial charge in [0.05, 0.1) is 24.7 Å². The van der Waals surface area contributed by atoms with E-state index in [1.54, 1.807) is 27.7 Å². The smallest absolute Gasteiger partial charge is 0.338 e. The van der Waals surface area contributed by atoms with Crippen LogP contribution in [-0.4, -0.2) is 49.1 Å². The lowest BCUT2D eigenvalue weighted by Gasteiger charge is -2.34. The van der Waals surface area contributed by atoms with Crippen molar-refractivity contribution >= 4 is 11.9 Å². The van der Waals surface area contributed by atoms with Gasteiger partial charge in [-0.25, -0.2) is 4.79 Å². The lowest BCUT2D eigenvalue weighted by Crippen LogP contribution is -2.44. The molecule has 2 unspecified atom stereocenters. The van der Waals surface area contributed by atoms with E-state index in [1.165, 1.54) is 0 Å². The summed E-state index contributed by atoms with van der Waals surface area (Å²) in [5, 5.41) is 0. The van der Waals surface area contributed by atoms with E-state index in [4.69, 9.17) is 18.9 Å². The molecule has 0 radical (unpaired) electrons. The SMILES string of the molecule is CC(C)OC1CCCCC1OC(=O)C(C)(C)OCCOC(=O)C(C)C. The summed E-state index contributed by atoms with van der Waals surface area (Å²) >= 11 is 0. The molecule has 0 spiro atoms. The van der Waals surface area contributed by atoms with Crippen LogP contribution >= 0.6 is 0 Å². The zero-order valence-corrected chi connectivity index (χ0v) is 16.5. The van der Waals surface area contributed by atoms with Gasteiger partial charge in [-0.1, -0.05) is 20.3 Å². The Kier molecular flexibility index (Phi) is 8.86. The third kappa shape index (κ3) is 7.74. The molecule has 1 aliphatic rings. The van der Waals surface area contributed by atoms with Crippen LogP contribution in [0.15, 0.2) is 0 Å². The number of rotatable bonds is 9. The van der Waals surface area contributed by atoms with Gasteiger partial charge in [-0.05, 0) is 47.0 Å². The summed E-state index contributed by atoms with van der Waals surface area (Å²) < 4.78 is 22.2. The highest BCUT2D eigenvalue weighted by molar-refractivity contribution is 5.78. The number of carbonyl (C=O) groups excluding carboxylic acids is 2. The van der Waals surface area contributed by atoms with E-state index in [0.29, 0.717) is 0 Å². The number of hydrogen-bond acceptors (Lipinski definition) is 6. The molecule has 0 aromatic carbocycles. The van der Waals surface area contributed by atoms with Gasteiger partial charge in [0.1, 0.15) is 12.7 Å². The first-order valence-electron chi connectivity index (χ1n) is 9.30. The van der Waals surface area contributed by atoms with Gasteiger partial charge in [-0.2, -0.15) is 0 Å². The average molecular weight is 358 g/mol. The van der Waals surface area contributed by atoms with Gasteiger partial charge in [-0.3, -0.25) is 4.79 Å². The summed E-state index contributed by atoms with van der Waals surface area (Å²) in [6.07, 6.45) is 3.65. The largest absolute Gasteiger partial charge is 0.463 e. The van der Waals surface area contributed by atoms with E-state index >= 15 is 0 Å². The predicted octanol–water partition coefficient (Wildman–Crippen LogP) is 3.26. The van der Waals surface area contributed by atoms with Gasteiger partial charge in [0, 0.05) is 0 Å². The van der Waals surface area contributed by atoms with Gasteiger partial charge < -0.3 is 18.9 Å². The maximum absolute atomic E-state index is 12.5. The molecule has 6 heteroatoms. The Morgan fingerprint density at radius 2 is 1.60 bits per heavy atom. The van der Waals surface area contributed by atoms with Crippen LogP contribution in [0, 0.1) is 5.92 Å². The van der Waals surface area contributed by atoms with E-state index < -0.39 is 11.6 Å². The highest BCUT2D eigenvalue weighted by atomic mass is 16.6. The molecule has 0 heterocycles. The number of ether oxygens (including phenoxy) is 4. The third-order valence-corrected chi connectivity index (χ3v) is 4.10. The molecular weight excluding hydrogens is 324 g/mol. The molecule has 6 nitrogen and oxygen atoms in total. The van der Waals surface area contributed by atoms with Gasteiger partial charge in [0.15, 0.2) is 5.60 Å². The van der Waals surface area contributed by atoms with E-state index in [0.717, 1.165) is 25.7 Å². The molecular formula is C19H34O6. The summed E-state index contributed by atoms with van der Waals surface area (Å²) in [7, 11) is 0. The summed E-state index contributed by atoms with van der Waals surface area (Å²) in [4.78, 5) is 23.9. The van der Waals surface area contributed by atoms with Crippen LogP contribution in [0.3, 0.4) is 0 Å². The highest BCUT2D eigenvalue weighted by Gasteiger charge is 2.36. The fraction of sp³-hybridized carbons (Fsp3) is 0.895. The molecule has 0 aromatic heterocycles. The Bertz CT molecular complexity index is 430. The van der Waals surface area contributed by atoms with Crippen molar-refractivity contribution in [2.75, 3.05) is 13.2 Å². The van der Waals surface area contributed by atoms with Crippen molar-refractivity contribution in [2.24, 2.45) is 5.92 Å². The number of esters is 2. The van der Waals surface area contributed by atoms with Gasteiger partial charge in [0.25, 0.3) is 0 Å². The lowest BCUT2D eigenvalue weighted by atomic mass is 9.94. The molecule has 0 aliphatic heterocycles. The maximum Gasteiger partial charge on any atom is 0.338 e. The van der Waals surface area contributed by atoms with Crippen molar-refractivity contribution in [3.8, 4) is 0 Å². The van der Waals surface area contributed by atoms with E-state index in [1.807, 2.05) is 13.8 Å². The molecule has 1 saturated carbocycles. The standard InChI is InChI=1S/C19H34O6/c1-13(2)17(20)22-11-12-23-19(5,6)18(21)25-16-10-8-7-9-15(16)24-14(3)4/h13-16H,7-12H2,1-6H3. The van der Waals surface area contributed by atoms with Gasteiger partial charge >= 0.3 is 11.9 Å². The van der Waals surface area contributed by atoms with Crippen molar-refractivity contribution in [1.29, 1.82) is 0 Å². The van der Waals surface area contributed by atoms with Crippen LogP contribution in [0.1, 0.15) is 67.2 Å². The minimum atomic E-state index is -1.09. The van der Waals surface area contributed by atoms with Crippen molar-refractivity contribution in [3.05, 3.63) is 0 Å². The Morgan fingerprint density at radius 3 is 2.16 bits per heavy atom. The normalized spacial score (nSPS) is 21.4. The average Bonchev–Trinajstić information content (AvgIpc) is 2.52. The molecule has 0 N–H and O–H groups in total. The quantitative estimate of drug-likeness (QED) is 0.465. The van der Waals surface area contributed by atoms with Crippen molar-refractivity contribution in [3.63, 3.8) is 0 Å². The van der Waals surface area contributed by atoms with Gasteiger partial charge in [0.2, 0.25) is 0 Å². The fourth-order valence-corrected chi connectivity index (χ4v) is 2.65. The molecule has 1 rings (SSSR count). The van der Waals surface area contributed by atoms with Crippen LogP contribution in [0.5, 0.6) is 0 Å². The molecule has 1 fully saturated rings. The van der Waals surface area contributed by atoms with E-state index in [2.05, 4.69) is 0 Å². The molecule has 25 heavy (non-hydrogen) atoms. The Hall–Kier alpha value is -1.14. The second-order valence-corrected chi connectivity index (χ2v) is 7.63. The first kappa shape index (κ1) is 21.9. The minimum absolute atomic E-state index is 0.0551. The van der Waals surface area contributed by atoms with Crippen LogP contribution in [0.4, 0.5) is 0 Å². The Labute approximate surface area is 151 Å². The molecule has 1 aliphatic carbocycles. The van der Waals surface area contributed by atoms with Crippen molar-refractivity contribution in [2.45, 2.75) is 91.1 Å². The molecule has 2 atom stereocenters.